The number of benzene rings is 1. The van der Waals surface area contributed by atoms with Gasteiger partial charge in [-0.1, -0.05) is 0 Å². The fourth-order valence-corrected chi connectivity index (χ4v) is 7.64. The zero-order valence-electron chi connectivity index (χ0n) is 21.1. The van der Waals surface area contributed by atoms with Crippen molar-refractivity contribution in [3.8, 4) is 0 Å². The fourth-order valence-electron chi connectivity index (χ4n) is 5.67. The second-order valence-electron chi connectivity index (χ2n) is 10.4. The SMILES string of the molecule is O=S(=O)(C1CCNCC1)N1CCC(c2cnc(Nc3ccc(F)cc3)nc2NC2CCC(O)CC2)CC1. The van der Waals surface area contributed by atoms with E-state index in [0.29, 0.717) is 37.6 Å². The molecule has 0 amide bonds. The van der Waals surface area contributed by atoms with E-state index in [1.165, 1.54) is 12.1 Å². The van der Waals surface area contributed by atoms with Crippen LogP contribution in [0, 0.1) is 5.82 Å². The molecule has 2 aromatic rings. The van der Waals surface area contributed by atoms with Gasteiger partial charge in [-0.15, -0.1) is 0 Å². The lowest BCUT2D eigenvalue weighted by Crippen LogP contribution is -2.46. The standard InChI is InChI=1S/C26H37FN6O3S/c27-19-1-3-21(4-2-19)31-26-29-17-24(25(32-26)30-20-5-7-22(34)8-6-20)18-11-15-33(16-12-18)37(35,36)23-9-13-28-14-10-23/h1-4,17-18,20,22-23,28,34H,5-16H2,(H2,29,30,31,32). The molecule has 11 heteroatoms. The molecular formula is C26H37FN6O3S. The second kappa shape index (κ2) is 11.6. The molecule has 2 saturated heterocycles. The van der Waals surface area contributed by atoms with Gasteiger partial charge in [0.05, 0.1) is 11.4 Å². The van der Waals surface area contributed by atoms with E-state index >= 15 is 0 Å². The predicted molar refractivity (Wildman–Crippen MR) is 142 cm³/mol. The van der Waals surface area contributed by atoms with Gasteiger partial charge in [0.1, 0.15) is 11.6 Å². The molecule has 1 saturated carbocycles. The highest BCUT2D eigenvalue weighted by molar-refractivity contribution is 7.89. The van der Waals surface area contributed by atoms with E-state index in [1.807, 2.05) is 6.20 Å². The van der Waals surface area contributed by atoms with Crippen LogP contribution >= 0.6 is 0 Å². The summed E-state index contributed by atoms with van der Waals surface area (Å²) in [5, 5.41) is 19.6. The lowest BCUT2D eigenvalue weighted by Gasteiger charge is -2.35. The van der Waals surface area contributed by atoms with Crippen molar-refractivity contribution in [1.29, 1.82) is 0 Å². The summed E-state index contributed by atoms with van der Waals surface area (Å²) >= 11 is 0. The smallest absolute Gasteiger partial charge is 0.229 e. The van der Waals surface area contributed by atoms with Crippen LogP contribution in [0.2, 0.25) is 0 Å². The number of aliphatic hydroxyl groups is 1. The monoisotopic (exact) mass is 532 g/mol. The third-order valence-electron chi connectivity index (χ3n) is 7.92. The lowest BCUT2D eigenvalue weighted by molar-refractivity contribution is 0.126. The van der Waals surface area contributed by atoms with Gasteiger partial charge in [0.15, 0.2) is 0 Å². The maximum atomic E-state index is 13.3. The number of nitrogens with zero attached hydrogens (tertiary/aromatic N) is 3. The van der Waals surface area contributed by atoms with E-state index in [-0.39, 0.29) is 29.1 Å². The molecule has 4 N–H and O–H groups in total. The third-order valence-corrected chi connectivity index (χ3v) is 10.3. The molecule has 2 aliphatic heterocycles. The van der Waals surface area contributed by atoms with Gasteiger partial charge in [-0.3, -0.25) is 0 Å². The summed E-state index contributed by atoms with van der Waals surface area (Å²) in [4.78, 5) is 9.34. The van der Waals surface area contributed by atoms with Gasteiger partial charge >= 0.3 is 0 Å². The van der Waals surface area contributed by atoms with Gasteiger partial charge in [-0.25, -0.2) is 22.1 Å². The Bertz CT molecular complexity index is 1140. The number of rotatable bonds is 7. The van der Waals surface area contributed by atoms with E-state index in [1.54, 1.807) is 16.4 Å². The van der Waals surface area contributed by atoms with Gasteiger partial charge < -0.3 is 21.1 Å². The number of halogens is 1. The number of anilines is 3. The van der Waals surface area contributed by atoms with E-state index in [4.69, 9.17) is 4.98 Å². The minimum Gasteiger partial charge on any atom is -0.393 e. The first-order valence-corrected chi connectivity index (χ1v) is 14.9. The maximum absolute atomic E-state index is 13.3. The van der Waals surface area contributed by atoms with Crippen LogP contribution in [-0.2, 0) is 10.0 Å². The number of nitrogens with one attached hydrogen (secondary N) is 3. The average molecular weight is 533 g/mol. The van der Waals surface area contributed by atoms with E-state index in [2.05, 4.69) is 20.9 Å². The number of aliphatic hydroxyl groups excluding tert-OH is 1. The zero-order chi connectivity index (χ0) is 25.8. The van der Waals surface area contributed by atoms with Crippen molar-refractivity contribution < 1.29 is 17.9 Å². The second-order valence-corrected chi connectivity index (χ2v) is 12.7. The van der Waals surface area contributed by atoms with Crippen molar-refractivity contribution >= 4 is 27.5 Å². The molecule has 0 atom stereocenters. The van der Waals surface area contributed by atoms with Crippen molar-refractivity contribution in [2.75, 3.05) is 36.8 Å². The van der Waals surface area contributed by atoms with Crippen LogP contribution in [-0.4, -0.2) is 71.4 Å². The summed E-state index contributed by atoms with van der Waals surface area (Å²) in [6.07, 6.45) is 7.59. The molecule has 202 valence electrons. The Morgan fingerprint density at radius 1 is 0.973 bits per heavy atom. The Morgan fingerprint density at radius 3 is 2.32 bits per heavy atom. The Morgan fingerprint density at radius 2 is 1.65 bits per heavy atom. The topological polar surface area (TPSA) is 119 Å². The molecule has 1 aromatic carbocycles. The molecule has 0 bridgehead atoms. The highest BCUT2D eigenvalue weighted by Gasteiger charge is 2.36. The number of hydrogen-bond acceptors (Lipinski definition) is 8. The first-order chi connectivity index (χ1) is 17.9. The average Bonchev–Trinajstić information content (AvgIpc) is 2.92. The van der Waals surface area contributed by atoms with Crippen molar-refractivity contribution in [2.24, 2.45) is 0 Å². The Balaban J connectivity index is 1.31. The van der Waals surface area contributed by atoms with Crippen LogP contribution in [0.15, 0.2) is 30.5 Å². The highest BCUT2D eigenvalue weighted by atomic mass is 32.2. The fraction of sp³-hybridized carbons (Fsp3) is 0.615. The zero-order valence-corrected chi connectivity index (χ0v) is 21.9. The summed E-state index contributed by atoms with van der Waals surface area (Å²) < 4.78 is 41.4. The first kappa shape index (κ1) is 26.3. The minimum atomic E-state index is -3.29. The quantitative estimate of drug-likeness (QED) is 0.429. The summed E-state index contributed by atoms with van der Waals surface area (Å²) in [7, 11) is -3.29. The normalized spacial score (nSPS) is 24.6. The Labute approximate surface area is 218 Å². The van der Waals surface area contributed by atoms with Crippen LogP contribution in [0.4, 0.5) is 21.8 Å². The molecule has 3 heterocycles. The number of hydrogen-bond donors (Lipinski definition) is 4. The summed E-state index contributed by atoms with van der Waals surface area (Å²) in [6.45, 7) is 2.51. The number of aromatic nitrogens is 2. The summed E-state index contributed by atoms with van der Waals surface area (Å²) in [5.41, 5.74) is 1.69. The molecule has 1 aliphatic carbocycles. The third kappa shape index (κ3) is 6.39. The number of sulfonamides is 1. The predicted octanol–water partition coefficient (Wildman–Crippen LogP) is 3.34. The highest BCUT2D eigenvalue weighted by Crippen LogP contribution is 2.35. The van der Waals surface area contributed by atoms with Gasteiger partial charge in [-0.2, -0.15) is 4.98 Å². The molecule has 1 aromatic heterocycles. The van der Waals surface area contributed by atoms with Crippen molar-refractivity contribution in [3.05, 3.63) is 41.8 Å². The number of piperidine rings is 2. The molecule has 0 spiro atoms. The molecule has 9 nitrogen and oxygen atoms in total. The van der Waals surface area contributed by atoms with Crippen LogP contribution in [0.5, 0.6) is 0 Å². The van der Waals surface area contributed by atoms with Gasteiger partial charge in [0.2, 0.25) is 16.0 Å². The molecule has 37 heavy (non-hydrogen) atoms. The van der Waals surface area contributed by atoms with Crippen molar-refractivity contribution in [3.63, 3.8) is 0 Å². The van der Waals surface area contributed by atoms with Crippen molar-refractivity contribution in [2.45, 2.75) is 74.7 Å². The van der Waals surface area contributed by atoms with E-state index in [0.717, 1.165) is 63.0 Å². The molecule has 3 aliphatic rings. The van der Waals surface area contributed by atoms with E-state index in [9.17, 15) is 17.9 Å². The van der Waals surface area contributed by atoms with Gasteiger partial charge in [0, 0.05) is 36.6 Å². The Hall–Kier alpha value is -2.34. The summed E-state index contributed by atoms with van der Waals surface area (Å²) in [6, 6.07) is 6.25. The Kier molecular flexibility index (Phi) is 8.23. The van der Waals surface area contributed by atoms with Crippen LogP contribution < -0.4 is 16.0 Å². The largest absolute Gasteiger partial charge is 0.393 e. The van der Waals surface area contributed by atoms with Crippen LogP contribution in [0.3, 0.4) is 0 Å². The minimum absolute atomic E-state index is 0.149. The van der Waals surface area contributed by atoms with Gasteiger partial charge in [-0.05, 0) is 94.6 Å². The van der Waals surface area contributed by atoms with E-state index < -0.39 is 10.0 Å². The lowest BCUT2D eigenvalue weighted by atomic mass is 9.90. The first-order valence-electron chi connectivity index (χ1n) is 13.4. The van der Waals surface area contributed by atoms with Crippen molar-refractivity contribution in [1.82, 2.24) is 19.6 Å². The molecule has 0 radical (unpaired) electrons. The maximum Gasteiger partial charge on any atom is 0.229 e. The summed E-state index contributed by atoms with van der Waals surface area (Å²) in [5.74, 6) is 1.01. The van der Waals surface area contributed by atoms with Gasteiger partial charge in [0.25, 0.3) is 0 Å². The van der Waals surface area contributed by atoms with Crippen LogP contribution in [0.25, 0.3) is 0 Å². The van der Waals surface area contributed by atoms with Crippen LogP contribution in [0.1, 0.15) is 62.8 Å². The molecular weight excluding hydrogens is 495 g/mol. The molecule has 3 fully saturated rings. The molecule has 5 rings (SSSR count). The molecule has 0 unspecified atom stereocenters.